The number of aryl methyl sites for hydroxylation is 1. The molecule has 0 aliphatic rings. The summed E-state index contributed by atoms with van der Waals surface area (Å²) in [4.78, 5) is 11.9. The van der Waals surface area contributed by atoms with E-state index in [4.69, 9.17) is 0 Å². The SMILES string of the molecule is CC/C(=N\NC(=O)NCc1ccc(C)cc1)c1ccc(O)c(C)c1O. The molecule has 0 aliphatic carbocycles. The Kier molecular flexibility index (Phi) is 6.00. The first kappa shape index (κ1) is 18.3. The number of carbonyl (C=O) groups excluding carboxylic acids is 1. The quantitative estimate of drug-likeness (QED) is 0.496. The summed E-state index contributed by atoms with van der Waals surface area (Å²) in [5.41, 5.74) is 5.97. The maximum atomic E-state index is 11.9. The van der Waals surface area contributed by atoms with Gasteiger partial charge < -0.3 is 15.5 Å². The highest BCUT2D eigenvalue weighted by Gasteiger charge is 2.13. The fraction of sp³-hybridized carbons (Fsp3) is 0.263. The molecule has 4 N–H and O–H groups in total. The Hall–Kier alpha value is -3.02. The van der Waals surface area contributed by atoms with E-state index in [1.165, 1.54) is 6.07 Å². The third-order valence-corrected chi connectivity index (χ3v) is 3.91. The molecule has 6 nitrogen and oxygen atoms in total. The number of aromatic hydroxyl groups is 2. The van der Waals surface area contributed by atoms with Gasteiger partial charge in [0, 0.05) is 17.7 Å². The minimum Gasteiger partial charge on any atom is -0.508 e. The van der Waals surface area contributed by atoms with E-state index in [-0.39, 0.29) is 11.5 Å². The van der Waals surface area contributed by atoms with Crippen LogP contribution in [0.2, 0.25) is 0 Å². The van der Waals surface area contributed by atoms with E-state index in [0.29, 0.717) is 29.8 Å². The van der Waals surface area contributed by atoms with Crippen LogP contribution in [-0.4, -0.2) is 22.0 Å². The number of phenolic OH excluding ortho intramolecular Hbond substituents is 2. The van der Waals surface area contributed by atoms with E-state index in [1.54, 1.807) is 13.0 Å². The molecular weight excluding hydrogens is 318 g/mol. The Labute approximate surface area is 147 Å². The smallest absolute Gasteiger partial charge is 0.335 e. The van der Waals surface area contributed by atoms with Gasteiger partial charge >= 0.3 is 6.03 Å². The van der Waals surface area contributed by atoms with E-state index < -0.39 is 6.03 Å². The summed E-state index contributed by atoms with van der Waals surface area (Å²) in [6.45, 7) is 5.88. The van der Waals surface area contributed by atoms with Gasteiger partial charge in [-0.3, -0.25) is 0 Å². The molecule has 0 fully saturated rings. The van der Waals surface area contributed by atoms with E-state index in [1.807, 2.05) is 38.1 Å². The normalized spacial score (nSPS) is 11.2. The molecule has 2 aromatic rings. The fourth-order valence-corrected chi connectivity index (χ4v) is 2.30. The van der Waals surface area contributed by atoms with Crippen molar-refractivity contribution in [1.29, 1.82) is 0 Å². The third-order valence-electron chi connectivity index (χ3n) is 3.91. The van der Waals surface area contributed by atoms with E-state index in [9.17, 15) is 15.0 Å². The van der Waals surface area contributed by atoms with Crippen LogP contribution in [0.5, 0.6) is 11.5 Å². The molecule has 0 bridgehead atoms. The van der Waals surface area contributed by atoms with Gasteiger partial charge in [-0.15, -0.1) is 0 Å². The minimum absolute atomic E-state index is 0.0144. The van der Waals surface area contributed by atoms with Gasteiger partial charge in [-0.25, -0.2) is 10.2 Å². The highest BCUT2D eigenvalue weighted by molar-refractivity contribution is 6.03. The molecule has 2 aromatic carbocycles. The van der Waals surface area contributed by atoms with Crippen LogP contribution in [0.25, 0.3) is 0 Å². The van der Waals surface area contributed by atoms with E-state index in [0.717, 1.165) is 11.1 Å². The molecule has 25 heavy (non-hydrogen) atoms. The summed E-state index contributed by atoms with van der Waals surface area (Å²) in [6, 6.07) is 10.5. The van der Waals surface area contributed by atoms with Gasteiger partial charge in [0.1, 0.15) is 11.5 Å². The maximum absolute atomic E-state index is 11.9. The number of nitrogens with one attached hydrogen (secondary N) is 2. The Balaban J connectivity index is 2.01. The number of nitrogens with zero attached hydrogens (tertiary/aromatic N) is 1. The highest BCUT2D eigenvalue weighted by atomic mass is 16.3. The third kappa shape index (κ3) is 4.73. The lowest BCUT2D eigenvalue weighted by Gasteiger charge is -2.11. The summed E-state index contributed by atoms with van der Waals surface area (Å²) in [7, 11) is 0. The van der Waals surface area contributed by atoms with Crippen molar-refractivity contribution in [2.45, 2.75) is 33.7 Å². The first-order valence-electron chi connectivity index (χ1n) is 8.10. The number of hydrogen-bond acceptors (Lipinski definition) is 4. The number of hydrazone groups is 1. The molecule has 0 saturated heterocycles. The summed E-state index contributed by atoms with van der Waals surface area (Å²) >= 11 is 0. The highest BCUT2D eigenvalue weighted by Crippen LogP contribution is 2.30. The predicted molar refractivity (Wildman–Crippen MR) is 97.9 cm³/mol. The Bertz CT molecular complexity index is 783. The van der Waals surface area contributed by atoms with Gasteiger partial charge in [0.15, 0.2) is 0 Å². The van der Waals surface area contributed by atoms with Crippen molar-refractivity contribution in [3.05, 3.63) is 58.7 Å². The summed E-state index contributed by atoms with van der Waals surface area (Å²) in [5, 5.41) is 26.6. The molecular formula is C19H23N3O3. The molecule has 2 amide bonds. The summed E-state index contributed by atoms with van der Waals surface area (Å²) < 4.78 is 0. The van der Waals surface area contributed by atoms with Crippen LogP contribution in [0.4, 0.5) is 4.79 Å². The van der Waals surface area contributed by atoms with Crippen LogP contribution in [0.1, 0.15) is 35.6 Å². The molecule has 0 aliphatic heterocycles. The zero-order chi connectivity index (χ0) is 18.4. The number of carbonyl (C=O) groups is 1. The molecule has 0 radical (unpaired) electrons. The fourth-order valence-electron chi connectivity index (χ4n) is 2.30. The first-order chi connectivity index (χ1) is 11.9. The molecule has 0 atom stereocenters. The predicted octanol–water partition coefficient (Wildman–Crippen LogP) is 3.33. The van der Waals surface area contributed by atoms with Crippen LogP contribution in [0.3, 0.4) is 0 Å². The van der Waals surface area contributed by atoms with Gasteiger partial charge in [0.2, 0.25) is 0 Å². The molecule has 132 valence electrons. The topological polar surface area (TPSA) is 94.0 Å². The minimum atomic E-state index is -0.429. The number of amides is 2. The zero-order valence-electron chi connectivity index (χ0n) is 14.6. The first-order valence-corrected chi connectivity index (χ1v) is 8.10. The van der Waals surface area contributed by atoms with Crippen LogP contribution in [0, 0.1) is 13.8 Å². The molecule has 0 spiro atoms. The average molecular weight is 341 g/mol. The van der Waals surface area contributed by atoms with Gasteiger partial charge in [-0.05, 0) is 38.0 Å². The van der Waals surface area contributed by atoms with Crippen molar-refractivity contribution < 1.29 is 15.0 Å². The second kappa shape index (κ2) is 8.19. The van der Waals surface area contributed by atoms with Crippen molar-refractivity contribution in [3.8, 4) is 11.5 Å². The van der Waals surface area contributed by atoms with Crippen LogP contribution in [0.15, 0.2) is 41.5 Å². The Morgan fingerprint density at radius 1 is 1.08 bits per heavy atom. The van der Waals surface area contributed by atoms with Crippen molar-refractivity contribution in [2.75, 3.05) is 0 Å². The molecule has 0 heterocycles. The lowest BCUT2D eigenvalue weighted by Crippen LogP contribution is -2.32. The van der Waals surface area contributed by atoms with E-state index >= 15 is 0 Å². The number of hydrogen-bond donors (Lipinski definition) is 4. The molecule has 6 heteroatoms. The molecule has 2 rings (SSSR count). The lowest BCUT2D eigenvalue weighted by atomic mass is 10.0. The second-order valence-electron chi connectivity index (χ2n) is 5.80. The lowest BCUT2D eigenvalue weighted by molar-refractivity contribution is 0.241. The Morgan fingerprint density at radius 2 is 1.76 bits per heavy atom. The van der Waals surface area contributed by atoms with Gasteiger partial charge in [0.25, 0.3) is 0 Å². The summed E-state index contributed by atoms with van der Waals surface area (Å²) in [5.74, 6) is -0.0250. The van der Waals surface area contributed by atoms with Crippen LogP contribution < -0.4 is 10.7 Å². The number of benzene rings is 2. The average Bonchev–Trinajstić information content (AvgIpc) is 2.61. The van der Waals surface area contributed by atoms with Crippen LogP contribution in [-0.2, 0) is 6.54 Å². The van der Waals surface area contributed by atoms with Crippen molar-refractivity contribution >= 4 is 11.7 Å². The van der Waals surface area contributed by atoms with Gasteiger partial charge in [-0.1, -0.05) is 36.8 Å². The number of rotatable bonds is 5. The van der Waals surface area contributed by atoms with Crippen LogP contribution >= 0.6 is 0 Å². The van der Waals surface area contributed by atoms with Crippen molar-refractivity contribution in [1.82, 2.24) is 10.7 Å². The number of phenols is 2. The Morgan fingerprint density at radius 3 is 2.40 bits per heavy atom. The monoisotopic (exact) mass is 341 g/mol. The largest absolute Gasteiger partial charge is 0.508 e. The molecule has 0 unspecified atom stereocenters. The van der Waals surface area contributed by atoms with Gasteiger partial charge in [0.05, 0.1) is 5.71 Å². The van der Waals surface area contributed by atoms with Crippen molar-refractivity contribution in [2.24, 2.45) is 5.10 Å². The van der Waals surface area contributed by atoms with Crippen molar-refractivity contribution in [3.63, 3.8) is 0 Å². The van der Waals surface area contributed by atoms with E-state index in [2.05, 4.69) is 15.8 Å². The second-order valence-corrected chi connectivity index (χ2v) is 5.80. The molecule has 0 saturated carbocycles. The summed E-state index contributed by atoms with van der Waals surface area (Å²) in [6.07, 6.45) is 0.510. The zero-order valence-corrected chi connectivity index (χ0v) is 14.6. The maximum Gasteiger partial charge on any atom is 0.335 e. The molecule has 0 aromatic heterocycles. The standard InChI is InChI=1S/C19H23N3O3/c1-4-16(15-9-10-17(23)13(3)18(15)24)21-22-19(25)20-11-14-7-5-12(2)6-8-14/h5-10,23-24H,4,11H2,1-3H3,(H2,20,22,25)/b21-16+. The number of urea groups is 1. The van der Waals surface area contributed by atoms with Gasteiger partial charge in [-0.2, -0.15) is 5.10 Å².